The predicted molar refractivity (Wildman–Crippen MR) is 101 cm³/mol. The number of rotatable bonds is 6. The van der Waals surface area contributed by atoms with Crippen molar-refractivity contribution in [2.75, 3.05) is 11.9 Å². The Morgan fingerprint density at radius 1 is 1.12 bits per heavy atom. The molecule has 0 saturated carbocycles. The molecular formula is C18H16INO4. The number of aliphatic hydroxyl groups excluding tert-OH is 1. The van der Waals surface area contributed by atoms with Gasteiger partial charge in [0.05, 0.1) is 6.61 Å². The van der Waals surface area contributed by atoms with Gasteiger partial charge in [0, 0.05) is 20.9 Å². The van der Waals surface area contributed by atoms with Crippen LogP contribution in [0.4, 0.5) is 5.69 Å². The minimum Gasteiger partial charge on any atom is -0.507 e. The topological polar surface area (TPSA) is 75.6 Å². The van der Waals surface area contributed by atoms with Crippen molar-refractivity contribution in [3.63, 3.8) is 0 Å². The molecule has 1 amide bonds. The van der Waals surface area contributed by atoms with Crippen LogP contribution in [0.2, 0.25) is 0 Å². The summed E-state index contributed by atoms with van der Waals surface area (Å²) in [5.41, 5.74) is 0.941. The molecule has 124 valence electrons. The maximum atomic E-state index is 11.9. The number of aliphatic hydroxyl groups is 1. The standard InChI is InChI=1S/C18H16INO4/c1-2-24-15-9-3-12(4-10-15)16(21)11-17(22)18(23)20-14-7-5-13(19)6-8-14/h3-11,21H,2H2,1H3,(H,20,23). The average molecular weight is 437 g/mol. The second-order valence-electron chi connectivity index (χ2n) is 4.81. The Hall–Kier alpha value is -2.35. The summed E-state index contributed by atoms with van der Waals surface area (Å²) in [6, 6.07) is 13.6. The molecule has 0 fully saturated rings. The third-order valence-corrected chi connectivity index (χ3v) is 3.77. The molecule has 0 aliphatic rings. The lowest BCUT2D eigenvalue weighted by molar-refractivity contribution is -0.131. The largest absolute Gasteiger partial charge is 0.507 e. The van der Waals surface area contributed by atoms with Crippen LogP contribution in [0.5, 0.6) is 5.75 Å². The third-order valence-electron chi connectivity index (χ3n) is 3.05. The molecule has 0 bridgehead atoms. The van der Waals surface area contributed by atoms with E-state index in [1.807, 2.05) is 19.1 Å². The van der Waals surface area contributed by atoms with Crippen molar-refractivity contribution in [3.8, 4) is 5.75 Å². The molecule has 2 rings (SSSR count). The molecule has 0 aromatic heterocycles. The van der Waals surface area contributed by atoms with E-state index < -0.39 is 11.7 Å². The fourth-order valence-corrected chi connectivity index (χ4v) is 2.25. The van der Waals surface area contributed by atoms with Crippen LogP contribution in [0.15, 0.2) is 54.6 Å². The summed E-state index contributed by atoms with van der Waals surface area (Å²) < 4.78 is 6.32. The van der Waals surface area contributed by atoms with Crippen molar-refractivity contribution in [2.24, 2.45) is 0 Å². The van der Waals surface area contributed by atoms with E-state index >= 15 is 0 Å². The van der Waals surface area contributed by atoms with Crippen LogP contribution >= 0.6 is 22.6 Å². The van der Waals surface area contributed by atoms with Crippen molar-refractivity contribution in [1.29, 1.82) is 0 Å². The lowest BCUT2D eigenvalue weighted by atomic mass is 10.1. The zero-order chi connectivity index (χ0) is 17.5. The van der Waals surface area contributed by atoms with Crippen molar-refractivity contribution in [2.45, 2.75) is 6.92 Å². The molecule has 6 heteroatoms. The van der Waals surface area contributed by atoms with Gasteiger partial charge < -0.3 is 15.2 Å². The molecule has 0 unspecified atom stereocenters. The van der Waals surface area contributed by atoms with Crippen molar-refractivity contribution >= 4 is 45.7 Å². The summed E-state index contributed by atoms with van der Waals surface area (Å²) in [5.74, 6) is -1.26. The molecule has 5 nitrogen and oxygen atoms in total. The Morgan fingerprint density at radius 3 is 2.33 bits per heavy atom. The van der Waals surface area contributed by atoms with Gasteiger partial charge in [0.25, 0.3) is 5.91 Å². The quantitative estimate of drug-likeness (QED) is 0.312. The van der Waals surface area contributed by atoms with Gasteiger partial charge in [0.15, 0.2) is 0 Å². The Labute approximate surface area is 153 Å². The summed E-state index contributed by atoms with van der Waals surface area (Å²) >= 11 is 2.14. The first-order valence-corrected chi connectivity index (χ1v) is 8.32. The van der Waals surface area contributed by atoms with Gasteiger partial charge in [0.2, 0.25) is 5.78 Å². The highest BCUT2D eigenvalue weighted by molar-refractivity contribution is 14.1. The van der Waals surface area contributed by atoms with Crippen LogP contribution in [0.25, 0.3) is 5.76 Å². The van der Waals surface area contributed by atoms with E-state index in [4.69, 9.17) is 4.74 Å². The van der Waals surface area contributed by atoms with Crippen LogP contribution in [-0.4, -0.2) is 23.4 Å². The molecule has 0 spiro atoms. The first-order chi connectivity index (χ1) is 11.5. The van der Waals surface area contributed by atoms with E-state index in [0.717, 1.165) is 9.65 Å². The fraction of sp³-hybridized carbons (Fsp3) is 0.111. The van der Waals surface area contributed by atoms with Crippen molar-refractivity contribution in [1.82, 2.24) is 0 Å². The lowest BCUT2D eigenvalue weighted by Gasteiger charge is -2.05. The maximum Gasteiger partial charge on any atom is 0.296 e. The zero-order valence-corrected chi connectivity index (χ0v) is 15.1. The van der Waals surface area contributed by atoms with E-state index in [0.29, 0.717) is 23.6 Å². The van der Waals surface area contributed by atoms with Gasteiger partial charge in [-0.3, -0.25) is 9.59 Å². The Bertz CT molecular complexity index is 752. The van der Waals surface area contributed by atoms with Gasteiger partial charge in [-0.05, 0) is 78.0 Å². The molecule has 0 saturated heterocycles. The first kappa shape index (κ1) is 18.0. The number of ketones is 1. The van der Waals surface area contributed by atoms with Gasteiger partial charge >= 0.3 is 0 Å². The van der Waals surface area contributed by atoms with Crippen molar-refractivity contribution < 1.29 is 19.4 Å². The zero-order valence-electron chi connectivity index (χ0n) is 13.0. The van der Waals surface area contributed by atoms with E-state index in [9.17, 15) is 14.7 Å². The number of hydrogen-bond acceptors (Lipinski definition) is 4. The lowest BCUT2D eigenvalue weighted by Crippen LogP contribution is -2.21. The third kappa shape index (κ3) is 5.09. The number of halogens is 1. The summed E-state index contributed by atoms with van der Waals surface area (Å²) in [6.45, 7) is 2.41. The summed E-state index contributed by atoms with van der Waals surface area (Å²) in [7, 11) is 0. The average Bonchev–Trinajstić information content (AvgIpc) is 2.57. The molecule has 0 aliphatic heterocycles. The molecule has 0 heterocycles. The minimum atomic E-state index is -0.833. The molecular weight excluding hydrogens is 421 g/mol. The summed E-state index contributed by atoms with van der Waals surface area (Å²) in [4.78, 5) is 23.8. The number of benzene rings is 2. The molecule has 2 aromatic carbocycles. The monoisotopic (exact) mass is 437 g/mol. The maximum absolute atomic E-state index is 11.9. The highest BCUT2D eigenvalue weighted by Gasteiger charge is 2.13. The summed E-state index contributed by atoms with van der Waals surface area (Å²) in [5, 5.41) is 12.5. The summed E-state index contributed by atoms with van der Waals surface area (Å²) in [6.07, 6.45) is 0.901. The van der Waals surface area contributed by atoms with Crippen LogP contribution in [0.1, 0.15) is 12.5 Å². The van der Waals surface area contributed by atoms with Gasteiger partial charge in [0.1, 0.15) is 11.5 Å². The molecule has 0 atom stereocenters. The normalized spacial score (nSPS) is 11.0. The number of carbonyl (C=O) groups is 2. The van der Waals surface area contributed by atoms with Crippen LogP contribution < -0.4 is 10.1 Å². The number of anilines is 1. The SMILES string of the molecule is CCOc1ccc(C(O)=CC(=O)C(=O)Nc2ccc(I)cc2)cc1. The number of carbonyl (C=O) groups excluding carboxylic acids is 2. The van der Waals surface area contributed by atoms with Crippen molar-refractivity contribution in [3.05, 3.63) is 63.7 Å². The van der Waals surface area contributed by atoms with E-state index in [1.54, 1.807) is 36.4 Å². The van der Waals surface area contributed by atoms with Gasteiger partial charge in [-0.15, -0.1) is 0 Å². The highest BCUT2D eigenvalue weighted by atomic mass is 127. The van der Waals surface area contributed by atoms with E-state index in [-0.39, 0.29) is 5.76 Å². The second kappa shape index (κ2) is 8.49. The predicted octanol–water partition coefficient (Wildman–Crippen LogP) is 3.80. The molecule has 0 radical (unpaired) electrons. The van der Waals surface area contributed by atoms with E-state index in [1.165, 1.54) is 0 Å². The first-order valence-electron chi connectivity index (χ1n) is 7.24. The van der Waals surface area contributed by atoms with Crippen LogP contribution in [-0.2, 0) is 9.59 Å². The molecule has 0 aliphatic carbocycles. The Kier molecular flexibility index (Phi) is 6.36. The van der Waals surface area contributed by atoms with Crippen LogP contribution in [0.3, 0.4) is 0 Å². The Morgan fingerprint density at radius 2 is 1.75 bits per heavy atom. The van der Waals surface area contributed by atoms with Gasteiger partial charge in [-0.1, -0.05) is 0 Å². The fourth-order valence-electron chi connectivity index (χ4n) is 1.89. The second-order valence-corrected chi connectivity index (χ2v) is 6.06. The Balaban J connectivity index is 2.04. The van der Waals surface area contributed by atoms with E-state index in [2.05, 4.69) is 27.9 Å². The van der Waals surface area contributed by atoms with Gasteiger partial charge in [-0.2, -0.15) is 0 Å². The van der Waals surface area contributed by atoms with Gasteiger partial charge in [-0.25, -0.2) is 0 Å². The number of hydrogen-bond donors (Lipinski definition) is 2. The smallest absolute Gasteiger partial charge is 0.296 e. The number of nitrogens with one attached hydrogen (secondary N) is 1. The highest BCUT2D eigenvalue weighted by Crippen LogP contribution is 2.17. The minimum absolute atomic E-state index is 0.277. The molecule has 2 aromatic rings. The molecule has 24 heavy (non-hydrogen) atoms. The molecule has 2 N–H and O–H groups in total. The number of amides is 1. The number of ether oxygens (including phenoxy) is 1. The van der Waals surface area contributed by atoms with Crippen LogP contribution in [0, 0.1) is 3.57 Å².